The zero-order chi connectivity index (χ0) is 31.2. The van der Waals surface area contributed by atoms with E-state index in [9.17, 15) is 14.7 Å². The minimum Gasteiger partial charge on any atom is -0.507 e. The van der Waals surface area contributed by atoms with Gasteiger partial charge in [-0.3, -0.25) is 19.4 Å². The number of hydrogen-bond acceptors (Lipinski definition) is 8. The number of carbonyl (C=O) groups is 2. The molecule has 2 amide bonds. The predicted octanol–water partition coefficient (Wildman–Crippen LogP) is 6.78. The number of nitrogens with zero attached hydrogens (tertiary/aromatic N) is 4. The Morgan fingerprint density at radius 1 is 0.750 bits per heavy atom. The highest BCUT2D eigenvalue weighted by Gasteiger charge is 2.25. The van der Waals surface area contributed by atoms with Crippen molar-refractivity contribution in [2.75, 3.05) is 52.4 Å². The molecule has 2 aromatic carbocycles. The van der Waals surface area contributed by atoms with Gasteiger partial charge in [0.1, 0.15) is 9.57 Å². The van der Waals surface area contributed by atoms with Crippen molar-refractivity contribution in [3.05, 3.63) is 56.9 Å². The molecule has 236 valence electrons. The molecule has 0 radical (unpaired) electrons. The van der Waals surface area contributed by atoms with Crippen LogP contribution in [-0.4, -0.2) is 88.9 Å². The second-order valence-electron chi connectivity index (χ2n) is 12.0. The zero-order valence-corrected chi connectivity index (χ0v) is 28.6. The van der Waals surface area contributed by atoms with Crippen molar-refractivity contribution < 1.29 is 14.7 Å². The molecule has 3 heterocycles. The highest BCUT2D eigenvalue weighted by molar-refractivity contribution is 7.80. The number of rotatable bonds is 10. The third-order valence-electron chi connectivity index (χ3n) is 8.67. The van der Waals surface area contributed by atoms with E-state index in [2.05, 4.69) is 53.1 Å². The van der Waals surface area contributed by atoms with Crippen LogP contribution in [0.15, 0.2) is 36.4 Å². The summed E-state index contributed by atoms with van der Waals surface area (Å²) in [6.07, 6.45) is 2.94. The van der Waals surface area contributed by atoms with E-state index < -0.39 is 0 Å². The number of carbonyl (C=O) groups excluding carboxylic acids is 2. The summed E-state index contributed by atoms with van der Waals surface area (Å²) < 4.78 is 0.880. The molecule has 10 heteroatoms. The summed E-state index contributed by atoms with van der Waals surface area (Å²) >= 11 is 5.84. The van der Waals surface area contributed by atoms with Gasteiger partial charge in [0.25, 0.3) is 0 Å². The van der Waals surface area contributed by atoms with Crippen molar-refractivity contribution >= 4 is 44.7 Å². The van der Waals surface area contributed by atoms with E-state index in [1.807, 2.05) is 23.6 Å². The van der Waals surface area contributed by atoms with E-state index in [1.54, 1.807) is 20.7 Å². The lowest BCUT2D eigenvalue weighted by atomic mass is 9.97. The number of hydrogen-bond donors (Lipinski definition) is 1. The monoisotopic (exact) mass is 652 g/mol. The van der Waals surface area contributed by atoms with Crippen LogP contribution in [0.2, 0.25) is 0 Å². The Morgan fingerprint density at radius 3 is 1.68 bits per heavy atom. The first-order valence-corrected chi connectivity index (χ1v) is 18.4. The predicted molar refractivity (Wildman–Crippen MR) is 184 cm³/mol. The Labute approximate surface area is 274 Å². The third-order valence-corrected chi connectivity index (χ3v) is 11.7. The molecule has 2 saturated heterocycles. The van der Waals surface area contributed by atoms with E-state index in [0.29, 0.717) is 31.7 Å². The maximum absolute atomic E-state index is 12.4. The van der Waals surface area contributed by atoms with Crippen LogP contribution in [-0.2, 0) is 22.7 Å². The Kier molecular flexibility index (Phi) is 11.2. The van der Waals surface area contributed by atoms with E-state index in [-0.39, 0.29) is 11.8 Å². The molecule has 0 atom stereocenters. The Morgan fingerprint density at radius 2 is 1.23 bits per heavy atom. The molecule has 0 saturated carbocycles. The van der Waals surface area contributed by atoms with Gasteiger partial charge in [-0.05, 0) is 43.0 Å². The summed E-state index contributed by atoms with van der Waals surface area (Å²) in [4.78, 5) is 34.7. The summed E-state index contributed by atoms with van der Waals surface area (Å²) in [5.41, 5.74) is 6.30. The SMILES string of the molecule is CCCC(=O)N1CCN(Cc2cc(-c3ssc(=S)c3-c3ccc(C)cc3)cc(CN3CCN(C(=O)CCC)CC3)c2O)CC1. The lowest BCUT2D eigenvalue weighted by molar-refractivity contribution is -0.133. The van der Waals surface area contributed by atoms with Crippen LogP contribution < -0.4 is 0 Å². The fourth-order valence-corrected chi connectivity index (χ4v) is 8.99. The van der Waals surface area contributed by atoms with Crippen molar-refractivity contribution in [3.63, 3.8) is 0 Å². The first-order chi connectivity index (χ1) is 21.3. The molecule has 2 aliphatic rings. The number of piperazine rings is 2. The van der Waals surface area contributed by atoms with Gasteiger partial charge in [-0.2, -0.15) is 0 Å². The topological polar surface area (TPSA) is 67.3 Å². The largest absolute Gasteiger partial charge is 0.507 e. The van der Waals surface area contributed by atoms with Crippen LogP contribution in [0, 0.1) is 10.7 Å². The quantitative estimate of drug-likeness (QED) is 0.193. The van der Waals surface area contributed by atoms with Gasteiger partial charge in [-0.25, -0.2) is 0 Å². The molecule has 0 unspecified atom stereocenters. The maximum Gasteiger partial charge on any atom is 0.222 e. The van der Waals surface area contributed by atoms with Gasteiger partial charge >= 0.3 is 0 Å². The molecule has 7 nitrogen and oxygen atoms in total. The fourth-order valence-electron chi connectivity index (χ4n) is 6.09. The lowest BCUT2D eigenvalue weighted by Crippen LogP contribution is -2.48. The molecule has 0 aliphatic carbocycles. The molecule has 0 bridgehead atoms. The van der Waals surface area contributed by atoms with Gasteiger partial charge in [0.15, 0.2) is 0 Å². The highest BCUT2D eigenvalue weighted by Crippen LogP contribution is 2.43. The minimum atomic E-state index is 0.234. The average molecular weight is 653 g/mol. The van der Waals surface area contributed by atoms with Crippen molar-refractivity contribution in [1.82, 2.24) is 19.6 Å². The minimum absolute atomic E-state index is 0.234. The summed E-state index contributed by atoms with van der Waals surface area (Å²) in [7, 11) is 3.32. The molecular formula is C34H44N4O3S3. The summed E-state index contributed by atoms with van der Waals surface area (Å²) in [5.74, 6) is 0.814. The second-order valence-corrected chi connectivity index (χ2v) is 14.8. The Balaban J connectivity index is 1.43. The van der Waals surface area contributed by atoms with E-state index in [1.165, 1.54) is 5.56 Å². The first kappa shape index (κ1) is 32.8. The molecule has 0 spiro atoms. The molecule has 2 fully saturated rings. The summed E-state index contributed by atoms with van der Waals surface area (Å²) in [5, 5.41) is 11.7. The van der Waals surface area contributed by atoms with Gasteiger partial charge in [0.2, 0.25) is 11.8 Å². The second kappa shape index (κ2) is 15.1. The van der Waals surface area contributed by atoms with Crippen molar-refractivity contribution in [2.45, 2.75) is 59.5 Å². The van der Waals surface area contributed by atoms with E-state index in [0.717, 1.165) is 102 Å². The Hall–Kier alpha value is -2.63. The standard InChI is InChI=1S/C34H44N4O3S3/c1-4-6-29(39)37-16-12-35(13-17-37)22-27-20-26(33-31(34(42)44-43-33)25-10-8-24(3)9-11-25)21-28(32(27)41)23-36-14-18-38(19-15-36)30(40)7-5-2/h8-11,20-21,41H,4-7,12-19,22-23H2,1-3H3. The van der Waals surface area contributed by atoms with Gasteiger partial charge in [0, 0.05) is 95.0 Å². The number of aryl methyl sites for hydroxylation is 1. The first-order valence-electron chi connectivity index (χ1n) is 15.8. The van der Waals surface area contributed by atoms with Crippen LogP contribution in [0.1, 0.15) is 56.2 Å². The number of phenols is 1. The van der Waals surface area contributed by atoms with Crippen LogP contribution in [0.25, 0.3) is 21.6 Å². The van der Waals surface area contributed by atoms with Crippen molar-refractivity contribution in [2.24, 2.45) is 0 Å². The van der Waals surface area contributed by atoms with Crippen molar-refractivity contribution in [1.29, 1.82) is 0 Å². The molecule has 1 N–H and O–H groups in total. The van der Waals surface area contributed by atoms with Gasteiger partial charge in [0.05, 0.1) is 4.88 Å². The molecule has 3 aromatic rings. The van der Waals surface area contributed by atoms with Crippen molar-refractivity contribution in [3.8, 4) is 27.3 Å². The number of benzene rings is 2. The molecule has 1 aromatic heterocycles. The fraction of sp³-hybridized carbons (Fsp3) is 0.500. The highest BCUT2D eigenvalue weighted by atomic mass is 32.9. The number of phenolic OH excluding ortho intramolecular Hbond substituents is 1. The zero-order valence-electron chi connectivity index (χ0n) is 26.1. The average Bonchev–Trinajstić information content (AvgIpc) is 3.41. The van der Waals surface area contributed by atoms with Gasteiger partial charge < -0.3 is 14.9 Å². The summed E-state index contributed by atoms with van der Waals surface area (Å²) in [6, 6.07) is 12.8. The third kappa shape index (κ3) is 7.77. The molecule has 2 aliphatic heterocycles. The smallest absolute Gasteiger partial charge is 0.222 e. The molecule has 5 rings (SSSR count). The van der Waals surface area contributed by atoms with Gasteiger partial charge in [-0.1, -0.05) is 76.6 Å². The number of aromatic hydroxyl groups is 1. The maximum atomic E-state index is 12.4. The van der Waals surface area contributed by atoms with Crippen LogP contribution in [0.3, 0.4) is 0 Å². The van der Waals surface area contributed by atoms with Crippen LogP contribution >= 0.6 is 32.9 Å². The summed E-state index contributed by atoms with van der Waals surface area (Å²) in [6.45, 7) is 13.4. The van der Waals surface area contributed by atoms with E-state index in [4.69, 9.17) is 12.2 Å². The molecule has 44 heavy (non-hydrogen) atoms. The van der Waals surface area contributed by atoms with Crippen LogP contribution in [0.4, 0.5) is 0 Å². The normalized spacial score (nSPS) is 16.4. The number of amides is 2. The molecular weight excluding hydrogens is 609 g/mol. The lowest BCUT2D eigenvalue weighted by Gasteiger charge is -2.36. The van der Waals surface area contributed by atoms with Crippen LogP contribution in [0.5, 0.6) is 5.75 Å². The van der Waals surface area contributed by atoms with E-state index >= 15 is 0 Å². The Bertz CT molecular complexity index is 1440. The van der Waals surface area contributed by atoms with Gasteiger partial charge in [-0.15, -0.1) is 0 Å².